The molecule has 0 aromatic heterocycles. The van der Waals surface area contributed by atoms with Gasteiger partial charge in [-0.2, -0.15) is 0 Å². The molecule has 4 nitrogen and oxygen atoms in total. The van der Waals surface area contributed by atoms with Gasteiger partial charge in [-0.05, 0) is 37.5 Å². The fraction of sp³-hybridized carbons (Fsp3) is 0.300. The van der Waals surface area contributed by atoms with Crippen LogP contribution in [0.15, 0.2) is 42.5 Å². The van der Waals surface area contributed by atoms with Crippen LogP contribution in [-0.4, -0.2) is 11.9 Å². The van der Waals surface area contributed by atoms with Crippen molar-refractivity contribution in [3.8, 4) is 5.75 Å². The second-order valence-corrected chi connectivity index (χ2v) is 6.07. The zero-order valence-electron chi connectivity index (χ0n) is 14.6. The van der Waals surface area contributed by atoms with Gasteiger partial charge >= 0.3 is 5.97 Å². The minimum Gasteiger partial charge on any atom is -0.426 e. The number of nitrogens with one attached hydrogen (secondary N) is 1. The minimum absolute atomic E-state index is 0.0797. The van der Waals surface area contributed by atoms with E-state index in [0.29, 0.717) is 5.75 Å². The van der Waals surface area contributed by atoms with E-state index >= 15 is 0 Å². The lowest BCUT2D eigenvalue weighted by Crippen LogP contribution is -2.29. The number of hydrogen-bond donors (Lipinski definition) is 1. The molecular weight excluding hydrogens is 302 g/mol. The molecule has 0 fully saturated rings. The first-order valence-corrected chi connectivity index (χ1v) is 7.97. The number of ether oxygens (including phenoxy) is 1. The van der Waals surface area contributed by atoms with E-state index in [2.05, 4.69) is 5.32 Å². The summed E-state index contributed by atoms with van der Waals surface area (Å²) in [6.45, 7) is 7.29. The van der Waals surface area contributed by atoms with Crippen molar-refractivity contribution in [1.82, 2.24) is 5.32 Å². The number of carbonyl (C=O) groups is 2. The second-order valence-electron chi connectivity index (χ2n) is 6.07. The van der Waals surface area contributed by atoms with Crippen molar-refractivity contribution in [1.29, 1.82) is 0 Å². The standard InChI is InChI=1S/C20H23NO3/c1-13-10-14(2)20(15(3)11-13)24-19(23)12-18(21-16(4)22)17-8-6-5-7-9-17/h5-11,18H,12H2,1-4H3,(H,21,22). The monoisotopic (exact) mass is 325 g/mol. The van der Waals surface area contributed by atoms with E-state index in [1.807, 2.05) is 63.2 Å². The molecule has 0 bridgehead atoms. The van der Waals surface area contributed by atoms with Crippen LogP contribution in [0.4, 0.5) is 0 Å². The van der Waals surface area contributed by atoms with Crippen LogP contribution in [0, 0.1) is 20.8 Å². The first kappa shape index (κ1) is 17.7. The molecule has 24 heavy (non-hydrogen) atoms. The smallest absolute Gasteiger partial charge is 0.313 e. The Labute approximate surface area is 142 Å². The van der Waals surface area contributed by atoms with Gasteiger partial charge in [0, 0.05) is 6.92 Å². The lowest BCUT2D eigenvalue weighted by atomic mass is 10.0. The van der Waals surface area contributed by atoms with E-state index in [-0.39, 0.29) is 18.3 Å². The largest absolute Gasteiger partial charge is 0.426 e. The Kier molecular flexibility index (Phi) is 5.74. The minimum atomic E-state index is -0.401. The molecule has 0 saturated carbocycles. The normalized spacial score (nSPS) is 11.7. The van der Waals surface area contributed by atoms with Crippen molar-refractivity contribution < 1.29 is 14.3 Å². The molecule has 4 heteroatoms. The number of carbonyl (C=O) groups excluding carboxylic acids is 2. The van der Waals surface area contributed by atoms with Gasteiger partial charge in [-0.3, -0.25) is 9.59 Å². The van der Waals surface area contributed by atoms with Gasteiger partial charge < -0.3 is 10.1 Å². The molecule has 0 aliphatic carbocycles. The average Bonchev–Trinajstić information content (AvgIpc) is 2.50. The van der Waals surface area contributed by atoms with Gasteiger partial charge in [-0.15, -0.1) is 0 Å². The Balaban J connectivity index is 2.15. The van der Waals surface area contributed by atoms with Crippen LogP contribution in [0.5, 0.6) is 5.75 Å². The molecule has 0 heterocycles. The van der Waals surface area contributed by atoms with E-state index in [9.17, 15) is 9.59 Å². The molecule has 1 amide bonds. The average molecular weight is 325 g/mol. The third kappa shape index (κ3) is 4.69. The summed E-state index contributed by atoms with van der Waals surface area (Å²) in [6, 6.07) is 13.0. The molecule has 1 N–H and O–H groups in total. The summed E-state index contributed by atoms with van der Waals surface area (Å²) < 4.78 is 5.57. The van der Waals surface area contributed by atoms with E-state index < -0.39 is 6.04 Å². The third-order valence-electron chi connectivity index (χ3n) is 3.77. The van der Waals surface area contributed by atoms with Gasteiger partial charge in [0.1, 0.15) is 5.75 Å². The molecule has 1 atom stereocenters. The highest BCUT2D eigenvalue weighted by Crippen LogP contribution is 2.26. The molecule has 126 valence electrons. The van der Waals surface area contributed by atoms with Crippen molar-refractivity contribution in [2.75, 3.05) is 0 Å². The summed E-state index contributed by atoms with van der Waals surface area (Å²) in [5.74, 6) is 0.0484. The molecule has 0 aliphatic heterocycles. The number of aryl methyl sites for hydroxylation is 3. The summed E-state index contributed by atoms with van der Waals surface area (Å²) in [5.41, 5.74) is 3.86. The topological polar surface area (TPSA) is 55.4 Å². The maximum Gasteiger partial charge on any atom is 0.313 e. The van der Waals surface area contributed by atoms with Crippen LogP contribution in [-0.2, 0) is 9.59 Å². The van der Waals surface area contributed by atoms with E-state index in [0.717, 1.165) is 22.3 Å². The summed E-state index contributed by atoms with van der Waals surface area (Å²) in [7, 11) is 0. The summed E-state index contributed by atoms with van der Waals surface area (Å²) in [4.78, 5) is 23.8. The van der Waals surface area contributed by atoms with Crippen LogP contribution in [0.25, 0.3) is 0 Å². The zero-order chi connectivity index (χ0) is 17.7. The van der Waals surface area contributed by atoms with E-state index in [1.165, 1.54) is 6.92 Å². The van der Waals surface area contributed by atoms with E-state index in [4.69, 9.17) is 4.74 Å². The lowest BCUT2D eigenvalue weighted by Gasteiger charge is -2.18. The highest BCUT2D eigenvalue weighted by atomic mass is 16.5. The molecule has 2 aromatic rings. The number of hydrogen-bond acceptors (Lipinski definition) is 3. The Morgan fingerprint density at radius 3 is 2.17 bits per heavy atom. The van der Waals surface area contributed by atoms with Gasteiger partial charge in [0.25, 0.3) is 0 Å². The number of esters is 1. The summed E-state index contributed by atoms with van der Waals surface area (Å²) in [6.07, 6.45) is 0.0797. The summed E-state index contributed by atoms with van der Waals surface area (Å²) in [5, 5.41) is 2.81. The van der Waals surface area contributed by atoms with Gasteiger partial charge in [0.15, 0.2) is 0 Å². The Morgan fingerprint density at radius 1 is 1.04 bits per heavy atom. The maximum absolute atomic E-state index is 12.4. The van der Waals surface area contributed by atoms with Gasteiger partial charge in [-0.1, -0.05) is 48.0 Å². The van der Waals surface area contributed by atoms with Crippen molar-refractivity contribution in [2.24, 2.45) is 0 Å². The van der Waals surface area contributed by atoms with Crippen molar-refractivity contribution in [2.45, 2.75) is 40.2 Å². The van der Waals surface area contributed by atoms with Gasteiger partial charge in [0.05, 0.1) is 12.5 Å². The van der Waals surface area contributed by atoms with Crippen LogP contribution in [0.1, 0.15) is 41.6 Å². The third-order valence-corrected chi connectivity index (χ3v) is 3.77. The SMILES string of the molecule is CC(=O)NC(CC(=O)Oc1c(C)cc(C)cc1C)c1ccccc1. The number of benzene rings is 2. The number of rotatable bonds is 5. The Hall–Kier alpha value is -2.62. The van der Waals surface area contributed by atoms with Crippen LogP contribution in [0.3, 0.4) is 0 Å². The fourth-order valence-electron chi connectivity index (χ4n) is 2.83. The number of amides is 1. The lowest BCUT2D eigenvalue weighted by molar-refractivity contribution is -0.135. The fourth-order valence-corrected chi connectivity index (χ4v) is 2.83. The molecule has 1 unspecified atom stereocenters. The molecule has 0 aliphatic rings. The zero-order valence-corrected chi connectivity index (χ0v) is 14.6. The Bertz CT molecular complexity index is 715. The van der Waals surface area contributed by atoms with Crippen LogP contribution in [0.2, 0.25) is 0 Å². The molecule has 2 rings (SSSR count). The molecule has 2 aromatic carbocycles. The predicted octanol–water partition coefficient (Wildman–Crippen LogP) is 3.78. The predicted molar refractivity (Wildman–Crippen MR) is 93.9 cm³/mol. The first-order chi connectivity index (χ1) is 11.4. The molecular formula is C20H23NO3. The first-order valence-electron chi connectivity index (χ1n) is 7.97. The molecule has 0 spiro atoms. The Morgan fingerprint density at radius 2 is 1.62 bits per heavy atom. The van der Waals surface area contributed by atoms with Crippen LogP contribution >= 0.6 is 0 Å². The van der Waals surface area contributed by atoms with Crippen molar-refractivity contribution in [3.05, 3.63) is 64.7 Å². The quantitative estimate of drug-likeness (QED) is 0.672. The van der Waals surface area contributed by atoms with Crippen molar-refractivity contribution in [3.63, 3.8) is 0 Å². The van der Waals surface area contributed by atoms with Gasteiger partial charge in [0.2, 0.25) is 5.91 Å². The van der Waals surface area contributed by atoms with E-state index in [1.54, 1.807) is 0 Å². The summed E-state index contributed by atoms with van der Waals surface area (Å²) >= 11 is 0. The maximum atomic E-state index is 12.4. The molecule has 0 radical (unpaired) electrons. The van der Waals surface area contributed by atoms with Gasteiger partial charge in [-0.25, -0.2) is 0 Å². The highest BCUT2D eigenvalue weighted by Gasteiger charge is 2.19. The van der Waals surface area contributed by atoms with Crippen molar-refractivity contribution >= 4 is 11.9 Å². The van der Waals surface area contributed by atoms with Crippen LogP contribution < -0.4 is 10.1 Å². The highest BCUT2D eigenvalue weighted by molar-refractivity contribution is 5.77. The molecule has 0 saturated heterocycles. The second kappa shape index (κ2) is 7.77.